The summed E-state index contributed by atoms with van der Waals surface area (Å²) in [5.74, 6) is 0.752. The van der Waals surface area contributed by atoms with E-state index in [2.05, 4.69) is 18.7 Å². The summed E-state index contributed by atoms with van der Waals surface area (Å²) >= 11 is 0. The van der Waals surface area contributed by atoms with Gasteiger partial charge in [0.1, 0.15) is 6.29 Å². The van der Waals surface area contributed by atoms with Crippen molar-refractivity contribution < 1.29 is 9.90 Å². The lowest BCUT2D eigenvalue weighted by atomic mass is 9.71. The molecule has 0 aliphatic heterocycles. The first-order chi connectivity index (χ1) is 8.30. The van der Waals surface area contributed by atoms with E-state index in [0.29, 0.717) is 6.54 Å². The van der Waals surface area contributed by atoms with E-state index in [1.165, 1.54) is 6.29 Å². The molecule has 0 aromatic heterocycles. The predicted octanol–water partition coefficient (Wildman–Crippen LogP) is 2.47. The number of carbonyl (C=O) groups is 1. The van der Waals surface area contributed by atoms with Gasteiger partial charge >= 0.3 is 0 Å². The molecule has 0 bridgehead atoms. The van der Waals surface area contributed by atoms with Crippen LogP contribution >= 0.6 is 0 Å². The zero-order valence-electron chi connectivity index (χ0n) is 12.4. The van der Waals surface area contributed by atoms with Crippen molar-refractivity contribution in [3.8, 4) is 0 Å². The smallest absolute Gasteiger partial charge is 0.127 e. The van der Waals surface area contributed by atoms with Gasteiger partial charge in [-0.2, -0.15) is 0 Å². The molecule has 0 atom stereocenters. The summed E-state index contributed by atoms with van der Waals surface area (Å²) in [6, 6.07) is 0. The van der Waals surface area contributed by atoms with Crippen LogP contribution in [0.3, 0.4) is 0 Å². The molecule has 1 N–H and O–H groups in total. The van der Waals surface area contributed by atoms with E-state index in [1.807, 2.05) is 13.8 Å². The molecule has 106 valence electrons. The van der Waals surface area contributed by atoms with Gasteiger partial charge in [-0.1, -0.05) is 13.8 Å². The summed E-state index contributed by atoms with van der Waals surface area (Å²) in [5.41, 5.74) is -0.865. The number of hydrogen-bond donors (Lipinski definition) is 1. The maximum atomic E-state index is 11.5. The SMILES string of the molecule is CCN(CC(C)(C)O)CC1(C=O)CCC(C)CC1. The third-order valence-electron chi connectivity index (χ3n) is 4.12. The van der Waals surface area contributed by atoms with Crippen molar-refractivity contribution in [3.63, 3.8) is 0 Å². The molecule has 1 rings (SSSR count). The molecule has 0 unspecified atom stereocenters. The van der Waals surface area contributed by atoms with E-state index in [9.17, 15) is 9.90 Å². The van der Waals surface area contributed by atoms with E-state index >= 15 is 0 Å². The summed E-state index contributed by atoms with van der Waals surface area (Å²) < 4.78 is 0. The molecule has 0 saturated heterocycles. The lowest BCUT2D eigenvalue weighted by Crippen LogP contribution is -2.46. The first kappa shape index (κ1) is 15.6. The Kier molecular flexibility index (Phi) is 5.35. The molecule has 1 fully saturated rings. The lowest BCUT2D eigenvalue weighted by Gasteiger charge is -2.40. The van der Waals surface area contributed by atoms with Crippen LogP contribution in [0.1, 0.15) is 53.4 Å². The Hall–Kier alpha value is -0.410. The van der Waals surface area contributed by atoms with Crippen LogP contribution < -0.4 is 0 Å². The summed E-state index contributed by atoms with van der Waals surface area (Å²) in [4.78, 5) is 13.7. The van der Waals surface area contributed by atoms with E-state index in [1.54, 1.807) is 0 Å². The van der Waals surface area contributed by atoms with Crippen LogP contribution in [-0.4, -0.2) is 41.5 Å². The van der Waals surface area contributed by atoms with Gasteiger partial charge < -0.3 is 9.90 Å². The van der Waals surface area contributed by atoms with Crippen molar-refractivity contribution >= 4 is 6.29 Å². The van der Waals surface area contributed by atoms with Crippen molar-refractivity contribution in [1.29, 1.82) is 0 Å². The van der Waals surface area contributed by atoms with E-state index in [0.717, 1.165) is 44.7 Å². The molecule has 1 aliphatic rings. The molecule has 0 aromatic rings. The van der Waals surface area contributed by atoms with E-state index in [-0.39, 0.29) is 5.41 Å². The van der Waals surface area contributed by atoms with Gasteiger partial charge in [0, 0.05) is 18.5 Å². The third kappa shape index (κ3) is 4.69. The summed E-state index contributed by atoms with van der Waals surface area (Å²) in [6.07, 6.45) is 5.48. The number of aliphatic hydroxyl groups is 1. The Labute approximate surface area is 112 Å². The van der Waals surface area contributed by atoms with Gasteiger partial charge in [-0.3, -0.25) is 4.90 Å². The van der Waals surface area contributed by atoms with E-state index < -0.39 is 5.60 Å². The van der Waals surface area contributed by atoms with Gasteiger partial charge in [-0.25, -0.2) is 0 Å². The Bertz CT molecular complexity index is 262. The molecule has 3 heteroatoms. The standard InChI is InChI=1S/C15H29NO2/c1-5-16(10-14(3,4)18)11-15(12-17)8-6-13(2)7-9-15/h12-13,18H,5-11H2,1-4H3. The van der Waals surface area contributed by atoms with Gasteiger partial charge in [0.05, 0.1) is 5.60 Å². The number of hydrogen-bond acceptors (Lipinski definition) is 3. The minimum absolute atomic E-state index is 0.173. The van der Waals surface area contributed by atoms with E-state index in [4.69, 9.17) is 0 Å². The van der Waals surface area contributed by atoms with Gasteiger partial charge in [-0.05, 0) is 52.0 Å². The number of rotatable bonds is 6. The Morgan fingerprint density at radius 3 is 2.33 bits per heavy atom. The summed E-state index contributed by atoms with van der Waals surface area (Å²) in [6.45, 7) is 10.3. The second kappa shape index (κ2) is 6.16. The second-order valence-electron chi connectivity index (χ2n) is 6.78. The molecular weight excluding hydrogens is 226 g/mol. The van der Waals surface area contributed by atoms with Crippen molar-refractivity contribution in [2.75, 3.05) is 19.6 Å². The van der Waals surface area contributed by atoms with Crippen molar-refractivity contribution in [2.45, 2.75) is 59.0 Å². The normalized spacial score (nSPS) is 29.6. The molecule has 0 spiro atoms. The van der Waals surface area contributed by atoms with Crippen molar-refractivity contribution in [2.24, 2.45) is 11.3 Å². The van der Waals surface area contributed by atoms with Gasteiger partial charge in [0.25, 0.3) is 0 Å². The average Bonchev–Trinajstić information content (AvgIpc) is 2.30. The van der Waals surface area contributed by atoms with Crippen LogP contribution in [0.5, 0.6) is 0 Å². The highest BCUT2D eigenvalue weighted by atomic mass is 16.3. The average molecular weight is 255 g/mol. The molecule has 0 amide bonds. The molecule has 3 nitrogen and oxygen atoms in total. The monoisotopic (exact) mass is 255 g/mol. The number of nitrogens with zero attached hydrogens (tertiary/aromatic N) is 1. The molecular formula is C15H29NO2. The van der Waals surface area contributed by atoms with Crippen molar-refractivity contribution in [3.05, 3.63) is 0 Å². The van der Waals surface area contributed by atoms with Crippen LogP contribution in [0.2, 0.25) is 0 Å². The van der Waals surface area contributed by atoms with Gasteiger partial charge in [0.2, 0.25) is 0 Å². The Morgan fingerprint density at radius 1 is 1.39 bits per heavy atom. The fourth-order valence-corrected chi connectivity index (χ4v) is 2.92. The topological polar surface area (TPSA) is 40.5 Å². The van der Waals surface area contributed by atoms with Crippen LogP contribution in [0.15, 0.2) is 0 Å². The van der Waals surface area contributed by atoms with Crippen molar-refractivity contribution in [1.82, 2.24) is 4.90 Å². The zero-order valence-corrected chi connectivity index (χ0v) is 12.4. The minimum Gasteiger partial charge on any atom is -0.389 e. The second-order valence-corrected chi connectivity index (χ2v) is 6.78. The summed E-state index contributed by atoms with van der Waals surface area (Å²) in [7, 11) is 0. The first-order valence-corrected chi connectivity index (χ1v) is 7.21. The first-order valence-electron chi connectivity index (χ1n) is 7.21. The summed E-state index contributed by atoms with van der Waals surface area (Å²) in [5, 5.41) is 9.92. The fraction of sp³-hybridized carbons (Fsp3) is 0.933. The quantitative estimate of drug-likeness (QED) is 0.741. The predicted molar refractivity (Wildman–Crippen MR) is 74.5 cm³/mol. The lowest BCUT2D eigenvalue weighted by molar-refractivity contribution is -0.120. The molecule has 1 aliphatic carbocycles. The highest BCUT2D eigenvalue weighted by molar-refractivity contribution is 5.60. The number of likely N-dealkylation sites (N-methyl/N-ethyl adjacent to an activating group) is 1. The van der Waals surface area contributed by atoms with Crippen LogP contribution in [-0.2, 0) is 4.79 Å². The fourth-order valence-electron chi connectivity index (χ4n) is 2.92. The highest BCUT2D eigenvalue weighted by Gasteiger charge is 2.36. The zero-order chi connectivity index (χ0) is 13.8. The third-order valence-corrected chi connectivity index (χ3v) is 4.12. The Balaban J connectivity index is 2.63. The van der Waals surface area contributed by atoms with Gasteiger partial charge in [-0.15, -0.1) is 0 Å². The minimum atomic E-state index is -0.692. The molecule has 0 radical (unpaired) electrons. The van der Waals surface area contributed by atoms with Crippen LogP contribution in [0, 0.1) is 11.3 Å². The van der Waals surface area contributed by atoms with Crippen LogP contribution in [0.4, 0.5) is 0 Å². The molecule has 0 heterocycles. The molecule has 18 heavy (non-hydrogen) atoms. The van der Waals surface area contributed by atoms with Gasteiger partial charge in [0.15, 0.2) is 0 Å². The number of carbonyl (C=O) groups excluding carboxylic acids is 1. The molecule has 0 aromatic carbocycles. The maximum Gasteiger partial charge on any atom is 0.127 e. The maximum absolute atomic E-state index is 11.5. The number of aldehydes is 1. The largest absolute Gasteiger partial charge is 0.389 e. The molecule has 1 saturated carbocycles. The highest BCUT2D eigenvalue weighted by Crippen LogP contribution is 2.38. The Morgan fingerprint density at radius 2 is 1.94 bits per heavy atom. The van der Waals surface area contributed by atoms with Crippen LogP contribution in [0.25, 0.3) is 0 Å².